The lowest BCUT2D eigenvalue weighted by Gasteiger charge is -2.43. The maximum Gasteiger partial charge on any atom is 0.232 e. The van der Waals surface area contributed by atoms with Gasteiger partial charge in [0.1, 0.15) is 5.75 Å². The van der Waals surface area contributed by atoms with E-state index in [2.05, 4.69) is 13.8 Å². The average Bonchev–Trinajstić information content (AvgIpc) is 2.77. The Kier molecular flexibility index (Phi) is 5.71. The van der Waals surface area contributed by atoms with Gasteiger partial charge >= 0.3 is 0 Å². The lowest BCUT2D eigenvalue weighted by Crippen LogP contribution is -2.43. The summed E-state index contributed by atoms with van der Waals surface area (Å²) < 4.78 is 16.6. The summed E-state index contributed by atoms with van der Waals surface area (Å²) in [5.74, 6) is 1.26. The Bertz CT molecular complexity index is 1090. The monoisotopic (exact) mass is 435 g/mol. The maximum atomic E-state index is 13.5. The highest BCUT2D eigenvalue weighted by Crippen LogP contribution is 2.50. The van der Waals surface area contributed by atoms with Gasteiger partial charge in [0.15, 0.2) is 17.3 Å². The van der Waals surface area contributed by atoms with Crippen molar-refractivity contribution in [3.05, 3.63) is 59.3 Å². The number of benzene rings is 2. The number of amides is 1. The first-order valence-electron chi connectivity index (χ1n) is 10.7. The van der Waals surface area contributed by atoms with E-state index in [1.807, 2.05) is 36.4 Å². The maximum absolute atomic E-state index is 13.5. The van der Waals surface area contributed by atoms with Gasteiger partial charge in [-0.05, 0) is 30.0 Å². The third-order valence-electron chi connectivity index (χ3n) is 6.27. The zero-order chi connectivity index (χ0) is 23.0. The van der Waals surface area contributed by atoms with Crippen molar-refractivity contribution in [1.82, 2.24) is 0 Å². The van der Waals surface area contributed by atoms with E-state index in [1.165, 1.54) is 0 Å². The van der Waals surface area contributed by atoms with Crippen molar-refractivity contribution in [3.63, 3.8) is 0 Å². The van der Waals surface area contributed by atoms with Gasteiger partial charge in [0.2, 0.25) is 5.91 Å². The number of para-hydroxylation sites is 1. The Morgan fingerprint density at radius 1 is 0.875 bits per heavy atom. The second-order valence-corrected chi connectivity index (χ2v) is 9.07. The van der Waals surface area contributed by atoms with Crippen LogP contribution in [-0.4, -0.2) is 33.0 Å². The fourth-order valence-corrected chi connectivity index (χ4v) is 4.88. The zero-order valence-electron chi connectivity index (χ0n) is 19.2. The first-order valence-corrected chi connectivity index (χ1v) is 10.7. The number of hydrogen-bond donors (Lipinski definition) is 0. The van der Waals surface area contributed by atoms with Gasteiger partial charge in [0.05, 0.1) is 21.3 Å². The molecule has 6 heteroatoms. The van der Waals surface area contributed by atoms with Crippen molar-refractivity contribution in [2.24, 2.45) is 5.41 Å². The summed E-state index contributed by atoms with van der Waals surface area (Å²) in [5.41, 5.74) is 2.79. The molecular weight excluding hydrogens is 406 g/mol. The predicted molar refractivity (Wildman–Crippen MR) is 122 cm³/mol. The summed E-state index contributed by atoms with van der Waals surface area (Å²) in [4.78, 5) is 28.7. The second-order valence-electron chi connectivity index (χ2n) is 9.07. The third kappa shape index (κ3) is 3.74. The molecule has 168 valence electrons. The zero-order valence-corrected chi connectivity index (χ0v) is 19.2. The van der Waals surface area contributed by atoms with Gasteiger partial charge in [0.25, 0.3) is 0 Å². The molecule has 0 saturated carbocycles. The molecule has 0 radical (unpaired) electrons. The van der Waals surface area contributed by atoms with Crippen molar-refractivity contribution in [2.75, 3.05) is 26.2 Å². The van der Waals surface area contributed by atoms with Gasteiger partial charge in [-0.15, -0.1) is 0 Å². The molecule has 0 spiro atoms. The van der Waals surface area contributed by atoms with E-state index >= 15 is 0 Å². The smallest absolute Gasteiger partial charge is 0.232 e. The van der Waals surface area contributed by atoms with Crippen LogP contribution in [0.5, 0.6) is 17.2 Å². The summed E-state index contributed by atoms with van der Waals surface area (Å²) in [6, 6.07) is 13.1. The average molecular weight is 436 g/mol. The van der Waals surface area contributed by atoms with E-state index in [0.29, 0.717) is 35.7 Å². The van der Waals surface area contributed by atoms with Crippen LogP contribution in [0.1, 0.15) is 44.6 Å². The Morgan fingerprint density at radius 2 is 1.50 bits per heavy atom. The van der Waals surface area contributed by atoms with Crippen LogP contribution < -0.4 is 19.1 Å². The standard InChI is InChI=1S/C26H29NO5/c1-26(2)14-19-25(20(28)15-26)18(12-24(29)27(19)16-9-7-6-8-10-16)17-11-22(31-4)23(32-5)13-21(17)30-3/h6-11,13,18H,12,14-15H2,1-5H3/t18-/m1/s1. The largest absolute Gasteiger partial charge is 0.496 e. The highest BCUT2D eigenvalue weighted by atomic mass is 16.5. The SMILES string of the molecule is COc1cc(OC)c([C@H]2CC(=O)N(c3ccccc3)C3=C2C(=O)CC(C)(C)C3)cc1OC. The molecule has 1 heterocycles. The molecule has 32 heavy (non-hydrogen) atoms. The van der Waals surface area contributed by atoms with Crippen molar-refractivity contribution in [3.8, 4) is 17.2 Å². The van der Waals surface area contributed by atoms with Crippen LogP contribution in [0.2, 0.25) is 0 Å². The topological polar surface area (TPSA) is 65.1 Å². The number of hydrogen-bond acceptors (Lipinski definition) is 5. The normalized spacial score (nSPS) is 20.2. The van der Waals surface area contributed by atoms with Gasteiger partial charge in [-0.3, -0.25) is 14.5 Å². The van der Waals surface area contributed by atoms with Crippen LogP contribution in [0.15, 0.2) is 53.7 Å². The number of carbonyl (C=O) groups is 2. The first kappa shape index (κ1) is 21.9. The number of ketones is 1. The molecule has 4 rings (SSSR count). The van der Waals surface area contributed by atoms with Crippen LogP contribution in [0.4, 0.5) is 5.69 Å². The van der Waals surface area contributed by atoms with Crippen molar-refractivity contribution < 1.29 is 23.8 Å². The molecule has 0 N–H and O–H groups in total. The lowest BCUT2D eigenvalue weighted by atomic mass is 9.69. The molecule has 1 atom stereocenters. The van der Waals surface area contributed by atoms with Gasteiger partial charge in [-0.2, -0.15) is 0 Å². The van der Waals surface area contributed by atoms with Crippen LogP contribution in [0, 0.1) is 5.41 Å². The first-order chi connectivity index (χ1) is 15.3. The number of methoxy groups -OCH3 is 3. The van der Waals surface area contributed by atoms with E-state index in [-0.39, 0.29) is 23.5 Å². The number of allylic oxidation sites excluding steroid dienone is 2. The molecule has 1 aliphatic heterocycles. The Morgan fingerprint density at radius 3 is 2.12 bits per heavy atom. The predicted octanol–water partition coefficient (Wildman–Crippen LogP) is 4.88. The fourth-order valence-electron chi connectivity index (χ4n) is 4.88. The van der Waals surface area contributed by atoms with Gasteiger partial charge < -0.3 is 14.2 Å². The molecule has 2 aromatic rings. The number of ether oxygens (including phenoxy) is 3. The molecular formula is C26H29NO5. The summed E-state index contributed by atoms with van der Waals surface area (Å²) >= 11 is 0. The number of Topliss-reactive ketones (excluding diaryl/α,β-unsaturated/α-hetero) is 1. The highest BCUT2D eigenvalue weighted by molar-refractivity contribution is 6.08. The molecule has 0 unspecified atom stereocenters. The molecule has 1 amide bonds. The van der Waals surface area contributed by atoms with Crippen molar-refractivity contribution in [1.29, 1.82) is 0 Å². The van der Waals surface area contributed by atoms with Crippen LogP contribution in [0.25, 0.3) is 0 Å². The molecule has 0 saturated heterocycles. The van der Waals surface area contributed by atoms with E-state index < -0.39 is 5.92 Å². The molecule has 0 bridgehead atoms. The second kappa shape index (κ2) is 8.34. The van der Waals surface area contributed by atoms with Gasteiger partial charge in [0, 0.05) is 47.3 Å². The molecule has 0 fully saturated rings. The minimum atomic E-state index is -0.407. The fraction of sp³-hybridized carbons (Fsp3) is 0.385. The molecule has 2 aliphatic rings. The quantitative estimate of drug-likeness (QED) is 0.670. The number of nitrogens with zero attached hydrogens (tertiary/aromatic N) is 1. The van der Waals surface area contributed by atoms with E-state index in [1.54, 1.807) is 32.3 Å². The van der Waals surface area contributed by atoms with Crippen LogP contribution in [-0.2, 0) is 9.59 Å². The Labute approximate surface area is 188 Å². The Hall–Kier alpha value is -3.28. The van der Waals surface area contributed by atoms with Gasteiger partial charge in [-0.25, -0.2) is 0 Å². The molecule has 6 nitrogen and oxygen atoms in total. The molecule has 2 aromatic carbocycles. The minimum absolute atomic E-state index is 0.0395. The highest BCUT2D eigenvalue weighted by Gasteiger charge is 2.45. The van der Waals surface area contributed by atoms with Crippen molar-refractivity contribution in [2.45, 2.75) is 39.0 Å². The molecule has 1 aliphatic carbocycles. The van der Waals surface area contributed by atoms with E-state index in [0.717, 1.165) is 16.9 Å². The molecule has 0 aromatic heterocycles. The summed E-state index contributed by atoms with van der Waals surface area (Å²) in [7, 11) is 4.70. The summed E-state index contributed by atoms with van der Waals surface area (Å²) in [6.45, 7) is 4.14. The lowest BCUT2D eigenvalue weighted by molar-refractivity contribution is -0.121. The summed E-state index contributed by atoms with van der Waals surface area (Å²) in [6.07, 6.45) is 1.25. The number of anilines is 1. The van der Waals surface area contributed by atoms with Crippen LogP contribution >= 0.6 is 0 Å². The van der Waals surface area contributed by atoms with Crippen molar-refractivity contribution >= 4 is 17.4 Å². The third-order valence-corrected chi connectivity index (χ3v) is 6.27. The summed E-state index contributed by atoms with van der Waals surface area (Å²) in [5, 5.41) is 0. The number of rotatable bonds is 5. The van der Waals surface area contributed by atoms with E-state index in [9.17, 15) is 9.59 Å². The number of carbonyl (C=O) groups excluding carboxylic acids is 2. The van der Waals surface area contributed by atoms with Crippen LogP contribution in [0.3, 0.4) is 0 Å². The Balaban J connectivity index is 1.94. The minimum Gasteiger partial charge on any atom is -0.496 e. The van der Waals surface area contributed by atoms with Gasteiger partial charge in [-0.1, -0.05) is 32.0 Å². The van der Waals surface area contributed by atoms with E-state index in [4.69, 9.17) is 14.2 Å².